The van der Waals surface area contributed by atoms with Crippen molar-refractivity contribution < 1.29 is 34.2 Å². The summed E-state index contributed by atoms with van der Waals surface area (Å²) in [6.07, 6.45) is 0.159. The number of para-hydroxylation sites is 1. The Morgan fingerprint density at radius 2 is 1.13 bits per heavy atom. The minimum Gasteiger partial charge on any atom is -0.480 e. The van der Waals surface area contributed by atoms with Crippen molar-refractivity contribution in [2.75, 3.05) is 10.6 Å². The van der Waals surface area contributed by atoms with E-state index in [0.717, 1.165) is 11.4 Å². The van der Waals surface area contributed by atoms with E-state index < -0.39 is 47.8 Å². The smallest absolute Gasteiger partial charge is 0.326 e. The number of anilines is 2. The Morgan fingerprint density at radius 1 is 0.654 bits per heavy atom. The highest BCUT2D eigenvalue weighted by atomic mass is 32.1. The number of aliphatic carboxylic acids is 2. The molecule has 0 aliphatic rings. The van der Waals surface area contributed by atoms with E-state index in [1.807, 2.05) is 65.0 Å². The van der Waals surface area contributed by atoms with Crippen molar-refractivity contribution >= 4 is 58.4 Å². The zero-order chi connectivity index (χ0) is 38.4. The Kier molecular flexibility index (Phi) is 15.3. The van der Waals surface area contributed by atoms with E-state index in [1.54, 1.807) is 48.5 Å². The van der Waals surface area contributed by atoms with Gasteiger partial charge in [0.25, 0.3) is 0 Å². The summed E-state index contributed by atoms with van der Waals surface area (Å²) in [4.78, 5) is 63.6. The van der Waals surface area contributed by atoms with Gasteiger partial charge in [-0.1, -0.05) is 89.2 Å². The number of carbonyl (C=O) groups excluding carboxylic acids is 3. The van der Waals surface area contributed by atoms with Crippen LogP contribution >= 0.6 is 12.2 Å². The van der Waals surface area contributed by atoms with Crippen molar-refractivity contribution in [2.45, 2.75) is 84.8 Å². The summed E-state index contributed by atoms with van der Waals surface area (Å²) in [5.74, 6) is -3.98. The molecule has 12 nitrogen and oxygen atoms in total. The van der Waals surface area contributed by atoms with E-state index in [9.17, 15) is 34.2 Å². The summed E-state index contributed by atoms with van der Waals surface area (Å²) in [7, 11) is 0. The molecule has 3 atom stereocenters. The average molecular weight is 732 g/mol. The van der Waals surface area contributed by atoms with Crippen LogP contribution in [0, 0.1) is 11.3 Å². The molecular formula is C39H49N5O7S. The highest BCUT2D eigenvalue weighted by molar-refractivity contribution is 7.80. The number of carbonyl (C=O) groups is 5. The molecular weight excluding hydrogens is 683 g/mol. The zero-order valence-corrected chi connectivity index (χ0v) is 31.0. The van der Waals surface area contributed by atoms with Gasteiger partial charge in [0, 0.05) is 30.6 Å². The van der Waals surface area contributed by atoms with E-state index in [4.69, 9.17) is 12.2 Å². The van der Waals surface area contributed by atoms with Crippen LogP contribution in [0.3, 0.4) is 0 Å². The molecule has 0 aliphatic heterocycles. The van der Waals surface area contributed by atoms with Gasteiger partial charge in [-0.15, -0.1) is 0 Å². The molecule has 3 aromatic rings. The van der Waals surface area contributed by atoms with Crippen LogP contribution in [0.5, 0.6) is 0 Å². The Bertz CT molecular complexity index is 1710. The molecule has 3 rings (SSSR count). The maximum absolute atomic E-state index is 13.5. The van der Waals surface area contributed by atoms with Gasteiger partial charge in [-0.25, -0.2) is 9.59 Å². The first-order valence-corrected chi connectivity index (χ1v) is 17.5. The van der Waals surface area contributed by atoms with Gasteiger partial charge in [0.15, 0.2) is 5.11 Å². The molecule has 0 aliphatic carbocycles. The standard InChI is InChI=1S/C39H49N5O7S/c1-24(2)19-30(42-33(45)20-25-15-17-29(18-16-25)41-38(52)40-28-13-7-6-8-14-28)35(47)44-32(37(50)51)22-27-12-10-9-11-26(27)21-31(36(48)49)43-34(46)23-39(3,4)5/h6-18,24,30-32H,19-23H2,1-5H3,(H,42,45)(H,43,46)(H,44,47)(H,48,49)(H,50,51)(H2,40,41,52). The third-order valence-electron chi connectivity index (χ3n) is 7.87. The summed E-state index contributed by atoms with van der Waals surface area (Å²) < 4.78 is 0. The van der Waals surface area contributed by atoms with Crippen LogP contribution in [0.15, 0.2) is 78.9 Å². The van der Waals surface area contributed by atoms with Crippen molar-refractivity contribution in [3.05, 3.63) is 95.6 Å². The maximum Gasteiger partial charge on any atom is 0.326 e. The van der Waals surface area contributed by atoms with Crippen molar-refractivity contribution in [1.29, 1.82) is 0 Å². The minimum absolute atomic E-state index is 0.000178. The maximum atomic E-state index is 13.5. The molecule has 0 radical (unpaired) electrons. The molecule has 52 heavy (non-hydrogen) atoms. The van der Waals surface area contributed by atoms with Crippen LogP contribution in [-0.2, 0) is 43.2 Å². The molecule has 3 unspecified atom stereocenters. The number of hydrogen-bond acceptors (Lipinski definition) is 6. The number of rotatable bonds is 17. The number of carboxylic acids is 2. The lowest BCUT2D eigenvalue weighted by atomic mass is 9.91. The number of benzene rings is 3. The normalized spacial score (nSPS) is 12.9. The SMILES string of the molecule is CC(C)CC(NC(=O)Cc1ccc(NC(=S)Nc2ccccc2)cc1)C(=O)NC(Cc1ccccc1CC(NC(=O)CC(C)(C)C)C(=O)O)C(=O)O. The van der Waals surface area contributed by atoms with E-state index in [-0.39, 0.29) is 43.4 Å². The third-order valence-corrected chi connectivity index (χ3v) is 8.08. The van der Waals surface area contributed by atoms with Crippen LogP contribution in [0.1, 0.15) is 64.2 Å². The third kappa shape index (κ3) is 14.5. The van der Waals surface area contributed by atoms with E-state index in [0.29, 0.717) is 21.8 Å². The molecule has 7 N–H and O–H groups in total. The van der Waals surface area contributed by atoms with E-state index >= 15 is 0 Å². The minimum atomic E-state index is -1.37. The van der Waals surface area contributed by atoms with Crippen LogP contribution in [-0.4, -0.2) is 63.1 Å². The Labute approximate surface area is 310 Å². The van der Waals surface area contributed by atoms with Crippen LogP contribution in [0.2, 0.25) is 0 Å². The van der Waals surface area contributed by atoms with Gasteiger partial charge in [0.1, 0.15) is 18.1 Å². The number of hydrogen-bond donors (Lipinski definition) is 7. The number of amides is 3. The number of nitrogens with one attached hydrogen (secondary N) is 5. The van der Waals surface area contributed by atoms with Gasteiger partial charge in [-0.3, -0.25) is 14.4 Å². The highest BCUT2D eigenvalue weighted by Crippen LogP contribution is 2.19. The molecule has 3 aromatic carbocycles. The first-order chi connectivity index (χ1) is 24.5. The van der Waals surface area contributed by atoms with E-state index in [1.165, 1.54) is 0 Å². The van der Waals surface area contributed by atoms with Gasteiger partial charge in [-0.05, 0) is 70.9 Å². The molecule has 0 aromatic heterocycles. The van der Waals surface area contributed by atoms with Crippen LogP contribution in [0.25, 0.3) is 0 Å². The Balaban J connectivity index is 1.65. The fourth-order valence-corrected chi connectivity index (χ4v) is 5.69. The second-order valence-electron chi connectivity index (χ2n) is 14.3. The predicted octanol–water partition coefficient (Wildman–Crippen LogP) is 4.93. The zero-order valence-electron chi connectivity index (χ0n) is 30.2. The molecule has 0 spiro atoms. The monoisotopic (exact) mass is 731 g/mol. The summed E-state index contributed by atoms with van der Waals surface area (Å²) in [5, 5.41) is 34.4. The van der Waals surface area contributed by atoms with Crippen LogP contribution in [0.4, 0.5) is 11.4 Å². The second-order valence-corrected chi connectivity index (χ2v) is 14.7. The fraction of sp³-hybridized carbons (Fsp3) is 0.385. The lowest BCUT2D eigenvalue weighted by Crippen LogP contribution is -2.53. The highest BCUT2D eigenvalue weighted by Gasteiger charge is 2.29. The topological polar surface area (TPSA) is 186 Å². The molecule has 3 amide bonds. The molecule has 0 fully saturated rings. The van der Waals surface area contributed by atoms with Crippen molar-refractivity contribution in [3.63, 3.8) is 0 Å². The molecule has 13 heteroatoms. The summed E-state index contributed by atoms with van der Waals surface area (Å²) in [6.45, 7) is 9.39. The van der Waals surface area contributed by atoms with Crippen molar-refractivity contribution in [1.82, 2.24) is 16.0 Å². The Hall–Kier alpha value is -5.30. The van der Waals surface area contributed by atoms with E-state index in [2.05, 4.69) is 26.6 Å². The largest absolute Gasteiger partial charge is 0.480 e. The lowest BCUT2D eigenvalue weighted by Gasteiger charge is -2.24. The molecule has 278 valence electrons. The first kappa shape index (κ1) is 41.1. The van der Waals surface area contributed by atoms with Gasteiger partial charge in [-0.2, -0.15) is 0 Å². The quantitative estimate of drug-likeness (QED) is 0.0940. The van der Waals surface area contributed by atoms with Gasteiger partial charge < -0.3 is 36.8 Å². The summed E-state index contributed by atoms with van der Waals surface area (Å²) in [5.41, 5.74) is 2.95. The van der Waals surface area contributed by atoms with Crippen molar-refractivity contribution in [3.8, 4) is 0 Å². The summed E-state index contributed by atoms with van der Waals surface area (Å²) in [6, 6.07) is 19.7. The van der Waals surface area contributed by atoms with Crippen LogP contribution < -0.4 is 26.6 Å². The predicted molar refractivity (Wildman–Crippen MR) is 205 cm³/mol. The molecule has 0 saturated heterocycles. The second kappa shape index (κ2) is 19.3. The first-order valence-electron chi connectivity index (χ1n) is 17.1. The van der Waals surface area contributed by atoms with Gasteiger partial charge in [0.05, 0.1) is 6.42 Å². The number of thiocarbonyl (C=S) groups is 1. The summed E-state index contributed by atoms with van der Waals surface area (Å²) >= 11 is 5.37. The number of carboxylic acid groups (broad SMARTS) is 2. The molecule has 0 saturated carbocycles. The Morgan fingerprint density at radius 3 is 1.63 bits per heavy atom. The lowest BCUT2D eigenvalue weighted by molar-refractivity contribution is -0.142. The van der Waals surface area contributed by atoms with Gasteiger partial charge in [0.2, 0.25) is 17.7 Å². The molecule has 0 bridgehead atoms. The fourth-order valence-electron chi connectivity index (χ4n) is 5.45. The average Bonchev–Trinajstić information content (AvgIpc) is 3.04. The van der Waals surface area contributed by atoms with Crippen molar-refractivity contribution in [2.24, 2.45) is 11.3 Å². The van der Waals surface area contributed by atoms with Gasteiger partial charge >= 0.3 is 11.9 Å². The molecule has 0 heterocycles.